The minimum atomic E-state index is -3.55. The van der Waals surface area contributed by atoms with E-state index in [1.54, 1.807) is 42.1 Å². The van der Waals surface area contributed by atoms with Gasteiger partial charge in [0.1, 0.15) is 0 Å². The Morgan fingerprint density at radius 1 is 1.00 bits per heavy atom. The van der Waals surface area contributed by atoms with Crippen LogP contribution < -0.4 is 5.32 Å². The molecule has 2 aromatic rings. The van der Waals surface area contributed by atoms with Crippen LogP contribution in [-0.4, -0.2) is 56.6 Å². The number of thioether (sulfide) groups is 1. The Morgan fingerprint density at radius 2 is 1.62 bits per heavy atom. The number of amides is 1. The van der Waals surface area contributed by atoms with Crippen LogP contribution in [0.3, 0.4) is 0 Å². The molecule has 7 nitrogen and oxygen atoms in total. The summed E-state index contributed by atoms with van der Waals surface area (Å²) in [6.45, 7) is 0.712. The molecule has 1 amide bonds. The van der Waals surface area contributed by atoms with Crippen molar-refractivity contribution in [3.63, 3.8) is 0 Å². The minimum absolute atomic E-state index is 0.250. The number of carbonyl (C=O) groups excluding carboxylic acids is 2. The Bertz CT molecular complexity index is 976. The zero-order valence-electron chi connectivity index (χ0n) is 17.8. The summed E-state index contributed by atoms with van der Waals surface area (Å²) in [6.07, 6.45) is 1.57. The third-order valence-corrected chi connectivity index (χ3v) is 8.18. The maximum atomic E-state index is 12.7. The average Bonchev–Trinajstić information content (AvgIpc) is 2.83. The fourth-order valence-electron chi connectivity index (χ4n) is 3.39. The first-order chi connectivity index (χ1) is 15.5. The highest BCUT2D eigenvalue weighted by molar-refractivity contribution is 7.99. The lowest BCUT2D eigenvalue weighted by Gasteiger charge is -2.30. The summed E-state index contributed by atoms with van der Waals surface area (Å²) >= 11 is 1.73. The Labute approximate surface area is 193 Å². The van der Waals surface area contributed by atoms with E-state index in [-0.39, 0.29) is 30.5 Å². The van der Waals surface area contributed by atoms with E-state index < -0.39 is 21.9 Å². The largest absolute Gasteiger partial charge is 0.455 e. The van der Waals surface area contributed by atoms with E-state index in [9.17, 15) is 18.0 Å². The Morgan fingerprint density at radius 3 is 2.28 bits per heavy atom. The van der Waals surface area contributed by atoms with E-state index in [0.717, 1.165) is 12.2 Å². The second-order valence-corrected chi connectivity index (χ2v) is 10.6. The standard InChI is InChI=1S/C23H28N2O5S2/c26-22(24-14-7-17-31-20-8-3-1-4-9-20)18-30-23(27)19-12-15-25(16-13-19)32(28,29)21-10-5-2-6-11-21/h1-6,8-11,19H,7,12-18H2,(H,24,26). The number of hydrogen-bond donors (Lipinski definition) is 1. The first kappa shape index (κ1) is 24.3. The van der Waals surface area contributed by atoms with Gasteiger partial charge in [-0.3, -0.25) is 9.59 Å². The van der Waals surface area contributed by atoms with Gasteiger partial charge in [-0.05, 0) is 49.3 Å². The molecule has 0 spiro atoms. The van der Waals surface area contributed by atoms with Gasteiger partial charge in [0.15, 0.2) is 6.61 Å². The van der Waals surface area contributed by atoms with Crippen LogP contribution >= 0.6 is 11.8 Å². The topological polar surface area (TPSA) is 92.8 Å². The van der Waals surface area contributed by atoms with Gasteiger partial charge in [0.2, 0.25) is 10.0 Å². The number of benzene rings is 2. The van der Waals surface area contributed by atoms with E-state index in [2.05, 4.69) is 5.32 Å². The molecule has 9 heteroatoms. The van der Waals surface area contributed by atoms with Crippen molar-refractivity contribution in [3.05, 3.63) is 60.7 Å². The number of ether oxygens (including phenoxy) is 1. The van der Waals surface area contributed by atoms with Crippen LogP contribution in [-0.2, 0) is 24.3 Å². The van der Waals surface area contributed by atoms with Gasteiger partial charge in [0, 0.05) is 24.5 Å². The zero-order valence-corrected chi connectivity index (χ0v) is 19.4. The van der Waals surface area contributed by atoms with Crippen molar-refractivity contribution < 1.29 is 22.7 Å². The molecule has 0 bridgehead atoms. The van der Waals surface area contributed by atoms with E-state index in [0.29, 0.717) is 19.4 Å². The van der Waals surface area contributed by atoms with Gasteiger partial charge >= 0.3 is 5.97 Å². The lowest BCUT2D eigenvalue weighted by molar-refractivity contribution is -0.153. The normalized spacial score (nSPS) is 15.2. The molecule has 1 aliphatic heterocycles. The van der Waals surface area contributed by atoms with Gasteiger partial charge in [-0.25, -0.2) is 8.42 Å². The van der Waals surface area contributed by atoms with Crippen LogP contribution in [0.4, 0.5) is 0 Å². The third-order valence-electron chi connectivity index (χ3n) is 5.17. The highest BCUT2D eigenvalue weighted by atomic mass is 32.2. The molecule has 1 N–H and O–H groups in total. The SMILES string of the molecule is O=C(COC(=O)C1CCN(S(=O)(=O)c2ccccc2)CC1)NCCCSc1ccccc1. The molecule has 0 radical (unpaired) electrons. The molecule has 0 atom stereocenters. The van der Waals surface area contributed by atoms with Gasteiger partial charge < -0.3 is 10.1 Å². The molecule has 0 saturated carbocycles. The minimum Gasteiger partial charge on any atom is -0.455 e. The monoisotopic (exact) mass is 476 g/mol. The fourth-order valence-corrected chi connectivity index (χ4v) is 5.75. The first-order valence-electron chi connectivity index (χ1n) is 10.6. The van der Waals surface area contributed by atoms with Crippen LogP contribution in [0.15, 0.2) is 70.5 Å². The van der Waals surface area contributed by atoms with Gasteiger partial charge in [0.05, 0.1) is 10.8 Å². The Hall–Kier alpha value is -2.36. The van der Waals surface area contributed by atoms with E-state index in [4.69, 9.17) is 4.74 Å². The summed E-state index contributed by atoms with van der Waals surface area (Å²) in [5.74, 6) is -0.287. The molecule has 172 valence electrons. The molecule has 1 saturated heterocycles. The number of nitrogens with zero attached hydrogens (tertiary/aromatic N) is 1. The number of piperidine rings is 1. The molecule has 1 aliphatic rings. The van der Waals surface area contributed by atoms with Crippen LogP contribution in [0.5, 0.6) is 0 Å². The second-order valence-electron chi connectivity index (χ2n) is 7.46. The molecular weight excluding hydrogens is 448 g/mol. The molecule has 0 aromatic heterocycles. The molecular formula is C23H28N2O5S2. The van der Waals surface area contributed by atoms with Crippen molar-refractivity contribution in [1.29, 1.82) is 0 Å². The van der Waals surface area contributed by atoms with E-state index >= 15 is 0 Å². The number of sulfonamides is 1. The number of esters is 1. The number of rotatable bonds is 10. The molecule has 2 aromatic carbocycles. The second kappa shape index (κ2) is 12.0. The van der Waals surface area contributed by atoms with Crippen LogP contribution in [0.1, 0.15) is 19.3 Å². The predicted octanol–water partition coefficient (Wildman–Crippen LogP) is 2.93. The highest BCUT2D eigenvalue weighted by Crippen LogP contribution is 2.24. The zero-order chi connectivity index (χ0) is 22.8. The average molecular weight is 477 g/mol. The Kier molecular flexibility index (Phi) is 9.13. The number of carbonyl (C=O) groups is 2. The third kappa shape index (κ3) is 7.08. The quantitative estimate of drug-likeness (QED) is 0.322. The van der Waals surface area contributed by atoms with Crippen LogP contribution in [0, 0.1) is 5.92 Å². The summed E-state index contributed by atoms with van der Waals surface area (Å²) in [4.78, 5) is 25.6. The fraction of sp³-hybridized carbons (Fsp3) is 0.391. The van der Waals surface area contributed by atoms with Crippen molar-refractivity contribution in [2.45, 2.75) is 29.1 Å². The van der Waals surface area contributed by atoms with Crippen molar-refractivity contribution in [2.24, 2.45) is 5.92 Å². The lowest BCUT2D eigenvalue weighted by Crippen LogP contribution is -2.41. The Balaban J connectivity index is 1.31. The number of hydrogen-bond acceptors (Lipinski definition) is 6. The van der Waals surface area contributed by atoms with Gasteiger partial charge in [0.25, 0.3) is 5.91 Å². The summed E-state index contributed by atoms with van der Waals surface area (Å²) in [7, 11) is -3.55. The molecule has 1 fully saturated rings. The predicted molar refractivity (Wildman–Crippen MR) is 124 cm³/mol. The van der Waals surface area contributed by atoms with Crippen molar-refractivity contribution in [1.82, 2.24) is 9.62 Å². The lowest BCUT2D eigenvalue weighted by atomic mass is 9.98. The summed E-state index contributed by atoms with van der Waals surface area (Å²) in [6, 6.07) is 18.3. The summed E-state index contributed by atoms with van der Waals surface area (Å²) in [5.41, 5.74) is 0. The summed E-state index contributed by atoms with van der Waals surface area (Å²) < 4.78 is 31.9. The van der Waals surface area contributed by atoms with Gasteiger partial charge in [-0.2, -0.15) is 4.31 Å². The van der Waals surface area contributed by atoms with Gasteiger partial charge in [-0.1, -0.05) is 36.4 Å². The molecule has 0 unspecified atom stereocenters. The molecule has 3 rings (SSSR count). The van der Waals surface area contributed by atoms with Crippen LogP contribution in [0.2, 0.25) is 0 Å². The van der Waals surface area contributed by atoms with Crippen molar-refractivity contribution in [2.75, 3.05) is 32.0 Å². The number of nitrogens with one attached hydrogen (secondary N) is 1. The van der Waals surface area contributed by atoms with Crippen LogP contribution in [0.25, 0.3) is 0 Å². The van der Waals surface area contributed by atoms with Gasteiger partial charge in [-0.15, -0.1) is 11.8 Å². The highest BCUT2D eigenvalue weighted by Gasteiger charge is 2.32. The van der Waals surface area contributed by atoms with Crippen molar-refractivity contribution >= 4 is 33.7 Å². The first-order valence-corrected chi connectivity index (χ1v) is 13.1. The van der Waals surface area contributed by atoms with E-state index in [1.807, 2.05) is 30.3 Å². The van der Waals surface area contributed by atoms with Crippen molar-refractivity contribution in [3.8, 4) is 0 Å². The molecule has 32 heavy (non-hydrogen) atoms. The van der Waals surface area contributed by atoms with E-state index in [1.165, 1.54) is 9.20 Å². The maximum Gasteiger partial charge on any atom is 0.309 e. The molecule has 1 heterocycles. The smallest absolute Gasteiger partial charge is 0.309 e. The summed E-state index contributed by atoms with van der Waals surface area (Å²) in [5, 5.41) is 2.76. The molecule has 0 aliphatic carbocycles. The maximum absolute atomic E-state index is 12.7.